The van der Waals surface area contributed by atoms with E-state index in [1.807, 2.05) is 0 Å². The van der Waals surface area contributed by atoms with Crippen molar-refractivity contribution in [1.29, 1.82) is 0 Å². The minimum Gasteiger partial charge on any atom is -0.411 e. The van der Waals surface area contributed by atoms with Gasteiger partial charge in [-0.05, 0) is 24.7 Å². The first-order valence-corrected chi connectivity index (χ1v) is 4.74. The van der Waals surface area contributed by atoms with Crippen LogP contribution >= 0.6 is 0 Å². The summed E-state index contributed by atoms with van der Waals surface area (Å²) in [5.41, 5.74) is 1.54. The Hall–Kier alpha value is -0.530. The summed E-state index contributed by atoms with van der Waals surface area (Å²) < 4.78 is 0. The van der Waals surface area contributed by atoms with Crippen LogP contribution in [0.4, 0.5) is 0 Å². The lowest BCUT2D eigenvalue weighted by Gasteiger charge is -2.39. The van der Waals surface area contributed by atoms with Crippen molar-refractivity contribution in [1.82, 2.24) is 0 Å². The second-order valence-electron chi connectivity index (χ2n) is 5.11. The zero-order chi connectivity index (χ0) is 8.98. The van der Waals surface area contributed by atoms with Crippen molar-refractivity contribution in [2.24, 2.45) is 21.9 Å². The fourth-order valence-corrected chi connectivity index (χ4v) is 3.07. The number of rotatable bonds is 0. The van der Waals surface area contributed by atoms with Gasteiger partial charge in [-0.2, -0.15) is 0 Å². The van der Waals surface area contributed by atoms with Gasteiger partial charge in [-0.3, -0.25) is 0 Å². The average molecular weight is 167 g/mol. The average Bonchev–Trinajstić information content (AvgIpc) is 2.41. The molecule has 2 rings (SSSR count). The summed E-state index contributed by atoms with van der Waals surface area (Å²) in [7, 11) is 0. The van der Waals surface area contributed by atoms with Gasteiger partial charge in [-0.25, -0.2) is 0 Å². The van der Waals surface area contributed by atoms with E-state index in [2.05, 4.69) is 25.9 Å². The molecule has 0 spiro atoms. The van der Waals surface area contributed by atoms with Crippen LogP contribution in [0.3, 0.4) is 0 Å². The van der Waals surface area contributed by atoms with Gasteiger partial charge in [0.25, 0.3) is 0 Å². The third-order valence-corrected chi connectivity index (χ3v) is 4.39. The Kier molecular flexibility index (Phi) is 1.37. The molecule has 2 saturated carbocycles. The Morgan fingerprint density at radius 3 is 2.42 bits per heavy atom. The highest BCUT2D eigenvalue weighted by molar-refractivity contribution is 5.95. The van der Waals surface area contributed by atoms with Crippen molar-refractivity contribution < 1.29 is 5.21 Å². The Morgan fingerprint density at radius 1 is 1.42 bits per heavy atom. The Labute approximate surface area is 73.7 Å². The van der Waals surface area contributed by atoms with E-state index < -0.39 is 0 Å². The first-order valence-electron chi connectivity index (χ1n) is 4.74. The van der Waals surface area contributed by atoms with E-state index in [0.29, 0.717) is 11.3 Å². The van der Waals surface area contributed by atoms with Crippen LogP contribution in [0.1, 0.15) is 40.0 Å². The van der Waals surface area contributed by atoms with E-state index in [9.17, 15) is 0 Å². The molecule has 2 bridgehead atoms. The highest BCUT2D eigenvalue weighted by Crippen LogP contribution is 2.62. The molecule has 2 unspecified atom stereocenters. The quantitative estimate of drug-likeness (QED) is 0.436. The van der Waals surface area contributed by atoms with E-state index in [1.165, 1.54) is 19.3 Å². The highest BCUT2D eigenvalue weighted by Gasteiger charge is 2.58. The second kappa shape index (κ2) is 2.04. The maximum Gasteiger partial charge on any atom is 0.0663 e. The van der Waals surface area contributed by atoms with Crippen LogP contribution < -0.4 is 0 Å². The monoisotopic (exact) mass is 167 g/mol. The summed E-state index contributed by atoms with van der Waals surface area (Å²) in [5, 5.41) is 12.4. The first kappa shape index (κ1) is 8.09. The van der Waals surface area contributed by atoms with Crippen LogP contribution in [0.15, 0.2) is 5.16 Å². The molecule has 2 nitrogen and oxygen atoms in total. The SMILES string of the molecule is CC12CCC(C1)/C(=N\O)C2(C)C. The maximum absolute atomic E-state index is 8.93. The highest BCUT2D eigenvalue weighted by atomic mass is 16.4. The molecule has 2 heteroatoms. The van der Waals surface area contributed by atoms with Gasteiger partial charge < -0.3 is 5.21 Å². The van der Waals surface area contributed by atoms with E-state index in [1.54, 1.807) is 0 Å². The molecule has 0 radical (unpaired) electrons. The topological polar surface area (TPSA) is 32.6 Å². The molecule has 12 heavy (non-hydrogen) atoms. The lowest BCUT2D eigenvalue weighted by molar-refractivity contribution is 0.179. The van der Waals surface area contributed by atoms with Gasteiger partial charge in [0.15, 0.2) is 0 Å². The van der Waals surface area contributed by atoms with Crippen molar-refractivity contribution in [3.05, 3.63) is 0 Å². The molecular weight excluding hydrogens is 150 g/mol. The fraction of sp³-hybridized carbons (Fsp3) is 0.900. The van der Waals surface area contributed by atoms with Crippen molar-refractivity contribution in [2.45, 2.75) is 40.0 Å². The minimum atomic E-state index is 0.116. The first-order chi connectivity index (χ1) is 5.51. The fourth-order valence-electron chi connectivity index (χ4n) is 3.07. The zero-order valence-corrected chi connectivity index (χ0v) is 8.09. The number of oxime groups is 1. The summed E-state index contributed by atoms with van der Waals surface area (Å²) in [5.74, 6) is 0.565. The third kappa shape index (κ3) is 0.686. The van der Waals surface area contributed by atoms with E-state index in [-0.39, 0.29) is 5.41 Å². The largest absolute Gasteiger partial charge is 0.411 e. The molecule has 2 fully saturated rings. The third-order valence-electron chi connectivity index (χ3n) is 4.39. The van der Waals surface area contributed by atoms with Crippen molar-refractivity contribution in [3.63, 3.8) is 0 Å². The molecule has 0 aromatic heterocycles. The smallest absolute Gasteiger partial charge is 0.0663 e. The number of hydrogen-bond acceptors (Lipinski definition) is 2. The van der Waals surface area contributed by atoms with Gasteiger partial charge in [0.1, 0.15) is 0 Å². The number of nitrogens with zero attached hydrogens (tertiary/aromatic N) is 1. The molecule has 2 aliphatic rings. The van der Waals surface area contributed by atoms with Crippen LogP contribution in [-0.2, 0) is 0 Å². The van der Waals surface area contributed by atoms with Crippen LogP contribution in [0.25, 0.3) is 0 Å². The van der Waals surface area contributed by atoms with Gasteiger partial charge >= 0.3 is 0 Å². The molecular formula is C10H17NO. The van der Waals surface area contributed by atoms with Crippen LogP contribution in [0, 0.1) is 16.7 Å². The second-order valence-corrected chi connectivity index (χ2v) is 5.11. The zero-order valence-electron chi connectivity index (χ0n) is 8.09. The van der Waals surface area contributed by atoms with Crippen LogP contribution in [0.2, 0.25) is 0 Å². The van der Waals surface area contributed by atoms with Crippen LogP contribution in [0.5, 0.6) is 0 Å². The Morgan fingerprint density at radius 2 is 2.08 bits per heavy atom. The number of hydrogen-bond donors (Lipinski definition) is 1. The standard InChI is InChI=1S/C10H17NO/c1-9(2)8(11-12)7-4-5-10(9,3)6-7/h7,12H,4-6H2,1-3H3/b11-8+. The summed E-state index contributed by atoms with van der Waals surface area (Å²) >= 11 is 0. The van der Waals surface area contributed by atoms with E-state index in [0.717, 1.165) is 5.71 Å². The molecule has 0 saturated heterocycles. The van der Waals surface area contributed by atoms with Gasteiger partial charge in [0, 0.05) is 11.3 Å². The molecule has 0 amide bonds. The number of fused-ring (bicyclic) bond motifs is 2. The van der Waals surface area contributed by atoms with E-state index in [4.69, 9.17) is 5.21 Å². The molecule has 0 aromatic rings. The van der Waals surface area contributed by atoms with Gasteiger partial charge in [-0.15, -0.1) is 0 Å². The normalized spacial score (nSPS) is 47.2. The summed E-state index contributed by atoms with van der Waals surface area (Å²) in [4.78, 5) is 0. The lowest BCUT2D eigenvalue weighted by Crippen LogP contribution is -2.37. The minimum absolute atomic E-state index is 0.116. The Bertz CT molecular complexity index is 244. The Balaban J connectivity index is 2.45. The van der Waals surface area contributed by atoms with Crippen molar-refractivity contribution >= 4 is 5.71 Å². The molecule has 0 aliphatic heterocycles. The molecule has 0 aromatic carbocycles. The van der Waals surface area contributed by atoms with Crippen molar-refractivity contribution in [3.8, 4) is 0 Å². The predicted molar refractivity (Wildman–Crippen MR) is 48.5 cm³/mol. The molecule has 68 valence electrons. The van der Waals surface area contributed by atoms with Gasteiger partial charge in [0.05, 0.1) is 5.71 Å². The van der Waals surface area contributed by atoms with Crippen molar-refractivity contribution in [2.75, 3.05) is 0 Å². The van der Waals surface area contributed by atoms with Gasteiger partial charge in [-0.1, -0.05) is 25.9 Å². The van der Waals surface area contributed by atoms with Gasteiger partial charge in [0.2, 0.25) is 0 Å². The predicted octanol–water partition coefficient (Wildman–Crippen LogP) is 2.66. The molecule has 1 N–H and O–H groups in total. The summed E-state index contributed by atoms with van der Waals surface area (Å²) in [6.45, 7) is 6.74. The lowest BCUT2D eigenvalue weighted by atomic mass is 9.65. The maximum atomic E-state index is 8.93. The summed E-state index contributed by atoms with van der Waals surface area (Å²) in [6.07, 6.45) is 3.74. The molecule has 2 aliphatic carbocycles. The molecule has 2 atom stereocenters. The van der Waals surface area contributed by atoms with E-state index >= 15 is 0 Å². The summed E-state index contributed by atoms with van der Waals surface area (Å²) in [6, 6.07) is 0. The molecule has 0 heterocycles. The van der Waals surface area contributed by atoms with Crippen LogP contribution in [-0.4, -0.2) is 10.9 Å².